The first-order valence-corrected chi connectivity index (χ1v) is 12.7. The maximum absolute atomic E-state index is 13.5. The van der Waals surface area contributed by atoms with E-state index in [1.807, 2.05) is 47.9 Å². The normalized spacial score (nSPS) is 15.8. The summed E-state index contributed by atoms with van der Waals surface area (Å²) in [7, 11) is 0. The number of fused-ring (bicyclic) bond motifs is 1. The highest BCUT2D eigenvalue weighted by Gasteiger charge is 2.33. The standard InChI is InChI=1S/C25H26N2O4S2/c1-4-6-13-31-18-11-9-17(10-12-18)15-20-23(28)27-22(19-8-7-14-32-19)21(24(29)30-5-2)16(3)26-25(27)33-20/h7-12,14-15,22H,4-6,13H2,1-3H3/b20-15+/t22-/m1/s1. The van der Waals surface area contributed by atoms with E-state index in [0.717, 1.165) is 29.0 Å². The molecule has 0 spiro atoms. The third-order valence-corrected chi connectivity index (χ3v) is 7.18. The van der Waals surface area contributed by atoms with E-state index in [9.17, 15) is 9.59 Å². The highest BCUT2D eigenvalue weighted by molar-refractivity contribution is 7.10. The summed E-state index contributed by atoms with van der Waals surface area (Å²) in [5.41, 5.74) is 1.71. The average molecular weight is 483 g/mol. The van der Waals surface area contributed by atoms with Crippen LogP contribution in [0.5, 0.6) is 5.75 Å². The molecule has 0 radical (unpaired) electrons. The van der Waals surface area contributed by atoms with Crippen LogP contribution >= 0.6 is 22.7 Å². The van der Waals surface area contributed by atoms with Gasteiger partial charge < -0.3 is 9.47 Å². The van der Waals surface area contributed by atoms with E-state index < -0.39 is 12.0 Å². The van der Waals surface area contributed by atoms with Gasteiger partial charge in [0.05, 0.1) is 29.0 Å². The number of esters is 1. The second kappa shape index (κ2) is 10.3. The molecule has 1 atom stereocenters. The van der Waals surface area contributed by atoms with Crippen molar-refractivity contribution < 1.29 is 14.3 Å². The van der Waals surface area contributed by atoms with Crippen molar-refractivity contribution in [1.29, 1.82) is 0 Å². The van der Waals surface area contributed by atoms with Crippen LogP contribution < -0.4 is 19.6 Å². The van der Waals surface area contributed by atoms with Crippen LogP contribution in [0.4, 0.5) is 0 Å². The number of rotatable bonds is 8. The molecule has 0 fully saturated rings. The third-order valence-electron chi connectivity index (χ3n) is 5.27. The predicted molar refractivity (Wildman–Crippen MR) is 132 cm³/mol. The monoisotopic (exact) mass is 482 g/mol. The molecule has 3 heterocycles. The van der Waals surface area contributed by atoms with E-state index in [-0.39, 0.29) is 12.2 Å². The van der Waals surface area contributed by atoms with E-state index >= 15 is 0 Å². The second-order valence-corrected chi connectivity index (χ2v) is 9.58. The van der Waals surface area contributed by atoms with Gasteiger partial charge in [0.2, 0.25) is 0 Å². The average Bonchev–Trinajstić information content (AvgIpc) is 3.43. The van der Waals surface area contributed by atoms with Gasteiger partial charge in [-0.3, -0.25) is 9.36 Å². The summed E-state index contributed by atoms with van der Waals surface area (Å²) < 4.78 is 13.2. The number of thiophene rings is 1. The maximum Gasteiger partial charge on any atom is 0.338 e. The van der Waals surface area contributed by atoms with Crippen LogP contribution in [0, 0.1) is 0 Å². The van der Waals surface area contributed by atoms with Crippen molar-refractivity contribution in [3.63, 3.8) is 0 Å². The van der Waals surface area contributed by atoms with Gasteiger partial charge in [-0.1, -0.05) is 42.9 Å². The topological polar surface area (TPSA) is 69.9 Å². The maximum atomic E-state index is 13.5. The number of nitrogens with zero attached hydrogens (tertiary/aromatic N) is 2. The van der Waals surface area contributed by atoms with Gasteiger partial charge in [-0.15, -0.1) is 11.3 Å². The Morgan fingerprint density at radius 2 is 2.00 bits per heavy atom. The van der Waals surface area contributed by atoms with E-state index in [4.69, 9.17) is 9.47 Å². The Kier molecular flexibility index (Phi) is 7.25. The highest BCUT2D eigenvalue weighted by Crippen LogP contribution is 2.33. The molecule has 4 rings (SSSR count). The molecule has 0 saturated carbocycles. The van der Waals surface area contributed by atoms with Crippen LogP contribution in [0.15, 0.2) is 62.8 Å². The molecule has 0 aliphatic carbocycles. The number of aromatic nitrogens is 1. The fourth-order valence-electron chi connectivity index (χ4n) is 3.65. The first kappa shape index (κ1) is 23.2. The Bertz CT molecular complexity index is 1330. The molecule has 8 heteroatoms. The second-order valence-electron chi connectivity index (χ2n) is 7.59. The fourth-order valence-corrected chi connectivity index (χ4v) is 5.52. The minimum atomic E-state index is -0.545. The van der Waals surface area contributed by atoms with E-state index in [0.29, 0.717) is 27.2 Å². The highest BCUT2D eigenvalue weighted by atomic mass is 32.1. The smallest absolute Gasteiger partial charge is 0.338 e. The fraction of sp³-hybridized carbons (Fsp3) is 0.320. The Morgan fingerprint density at radius 3 is 2.67 bits per heavy atom. The summed E-state index contributed by atoms with van der Waals surface area (Å²) >= 11 is 2.83. The molecular formula is C25H26N2O4S2. The summed E-state index contributed by atoms with van der Waals surface area (Å²) in [6, 6.07) is 11.0. The molecule has 0 N–H and O–H groups in total. The van der Waals surface area contributed by atoms with Crippen LogP contribution in [0.2, 0.25) is 0 Å². The van der Waals surface area contributed by atoms with Crippen molar-refractivity contribution >= 4 is 34.7 Å². The molecule has 3 aromatic rings. The molecule has 172 valence electrons. The lowest BCUT2D eigenvalue weighted by Gasteiger charge is -2.23. The van der Waals surface area contributed by atoms with Crippen LogP contribution in [-0.2, 0) is 9.53 Å². The summed E-state index contributed by atoms with van der Waals surface area (Å²) in [5, 5.41) is 1.94. The van der Waals surface area contributed by atoms with Gasteiger partial charge in [0.25, 0.3) is 5.56 Å². The van der Waals surface area contributed by atoms with Gasteiger partial charge in [0.1, 0.15) is 11.8 Å². The molecule has 0 bridgehead atoms. The largest absolute Gasteiger partial charge is 0.494 e. The lowest BCUT2D eigenvalue weighted by atomic mass is 10.0. The van der Waals surface area contributed by atoms with Crippen molar-refractivity contribution in [2.45, 2.75) is 39.7 Å². The molecule has 6 nitrogen and oxygen atoms in total. The first-order valence-electron chi connectivity index (χ1n) is 11.0. The molecule has 1 aliphatic heterocycles. The zero-order chi connectivity index (χ0) is 23.4. The van der Waals surface area contributed by atoms with Crippen LogP contribution in [-0.4, -0.2) is 23.8 Å². The van der Waals surface area contributed by atoms with Crippen molar-refractivity contribution in [1.82, 2.24) is 4.57 Å². The van der Waals surface area contributed by atoms with E-state index in [2.05, 4.69) is 11.9 Å². The molecule has 1 aliphatic rings. The third kappa shape index (κ3) is 4.86. The number of carbonyl (C=O) groups is 1. The number of allylic oxidation sites excluding steroid dienone is 1. The van der Waals surface area contributed by atoms with Crippen LogP contribution in [0.1, 0.15) is 50.1 Å². The first-order chi connectivity index (χ1) is 16.0. The van der Waals surface area contributed by atoms with Gasteiger partial charge >= 0.3 is 5.97 Å². The number of hydrogen-bond donors (Lipinski definition) is 0. The summed E-state index contributed by atoms with van der Waals surface area (Å²) in [4.78, 5) is 32.3. The van der Waals surface area contributed by atoms with Crippen molar-refractivity contribution in [3.8, 4) is 5.75 Å². The van der Waals surface area contributed by atoms with Crippen molar-refractivity contribution in [2.24, 2.45) is 4.99 Å². The van der Waals surface area contributed by atoms with E-state index in [1.54, 1.807) is 18.4 Å². The number of unbranched alkanes of at least 4 members (excludes halogenated alkanes) is 1. The molecule has 0 saturated heterocycles. The zero-order valence-electron chi connectivity index (χ0n) is 18.9. The molecule has 0 unspecified atom stereocenters. The zero-order valence-corrected chi connectivity index (χ0v) is 20.5. The molecule has 33 heavy (non-hydrogen) atoms. The lowest BCUT2D eigenvalue weighted by molar-refractivity contribution is -0.139. The Morgan fingerprint density at radius 1 is 1.21 bits per heavy atom. The number of carbonyl (C=O) groups excluding carboxylic acids is 1. The lowest BCUT2D eigenvalue weighted by Crippen LogP contribution is -2.39. The molecular weight excluding hydrogens is 456 g/mol. The number of hydrogen-bond acceptors (Lipinski definition) is 7. The predicted octanol–water partition coefficient (Wildman–Crippen LogP) is 4.04. The minimum Gasteiger partial charge on any atom is -0.494 e. The summed E-state index contributed by atoms with van der Waals surface area (Å²) in [5.74, 6) is 0.375. The Hall–Kier alpha value is -2.97. The SMILES string of the molecule is CCCCOc1ccc(/C=c2/sc3n(c2=O)[C@H](c2cccs2)C(C(=O)OCC)=C(C)N=3)cc1. The van der Waals surface area contributed by atoms with E-state index in [1.165, 1.54) is 22.7 Å². The van der Waals surface area contributed by atoms with Crippen molar-refractivity contribution in [2.75, 3.05) is 13.2 Å². The number of benzene rings is 1. The van der Waals surface area contributed by atoms with Gasteiger partial charge in [-0.05, 0) is 55.5 Å². The Balaban J connectivity index is 1.76. The number of thiazole rings is 1. The minimum absolute atomic E-state index is 0.172. The summed E-state index contributed by atoms with van der Waals surface area (Å²) in [6.07, 6.45) is 3.96. The Labute approximate surface area is 200 Å². The van der Waals surface area contributed by atoms with Gasteiger partial charge in [-0.2, -0.15) is 0 Å². The van der Waals surface area contributed by atoms with Gasteiger partial charge in [0.15, 0.2) is 4.80 Å². The van der Waals surface area contributed by atoms with Gasteiger partial charge in [-0.25, -0.2) is 9.79 Å². The van der Waals surface area contributed by atoms with Crippen LogP contribution in [0.25, 0.3) is 6.08 Å². The molecule has 1 aromatic carbocycles. The molecule has 2 aromatic heterocycles. The van der Waals surface area contributed by atoms with Gasteiger partial charge in [0, 0.05) is 4.88 Å². The van der Waals surface area contributed by atoms with Crippen LogP contribution in [0.3, 0.4) is 0 Å². The summed E-state index contributed by atoms with van der Waals surface area (Å²) in [6.45, 7) is 6.64. The number of ether oxygens (including phenoxy) is 2. The van der Waals surface area contributed by atoms with Crippen molar-refractivity contribution in [3.05, 3.63) is 83.2 Å². The quantitative estimate of drug-likeness (QED) is 0.359. The molecule has 0 amide bonds.